The molecule has 12 nitrogen and oxygen atoms in total. The van der Waals surface area contributed by atoms with E-state index in [1.54, 1.807) is 31.1 Å². The highest BCUT2D eigenvalue weighted by Gasteiger charge is 2.47. The number of likely N-dealkylation sites (tertiary alicyclic amines) is 1. The molecule has 4 amide bonds. The molecule has 2 N–H and O–H groups in total. The van der Waals surface area contributed by atoms with Gasteiger partial charge in [0.25, 0.3) is 5.91 Å². The van der Waals surface area contributed by atoms with Gasteiger partial charge in [-0.3, -0.25) is 24.1 Å². The van der Waals surface area contributed by atoms with E-state index in [0.717, 1.165) is 18.4 Å². The summed E-state index contributed by atoms with van der Waals surface area (Å²) < 4.78 is 18.5. The molecule has 0 unspecified atom stereocenters. The summed E-state index contributed by atoms with van der Waals surface area (Å²) in [5.41, 5.74) is 0.957. The van der Waals surface area contributed by atoms with Crippen LogP contribution >= 0.6 is 0 Å². The second kappa shape index (κ2) is 20.0. The van der Waals surface area contributed by atoms with Crippen molar-refractivity contribution in [2.24, 2.45) is 17.8 Å². The van der Waals surface area contributed by atoms with Gasteiger partial charge in [-0.2, -0.15) is 0 Å². The third-order valence-electron chi connectivity index (χ3n) is 11.5. The molecule has 300 valence electrons. The molecule has 2 fully saturated rings. The normalized spacial score (nSPS) is 24.2. The molecule has 0 aliphatic carbocycles. The van der Waals surface area contributed by atoms with Gasteiger partial charge in [0, 0.05) is 33.9 Å². The molecule has 2 saturated heterocycles. The average Bonchev–Trinajstić information content (AvgIpc) is 3.60. The van der Waals surface area contributed by atoms with E-state index in [0.29, 0.717) is 13.0 Å². The van der Waals surface area contributed by atoms with Crippen molar-refractivity contribution < 1.29 is 33.4 Å². The van der Waals surface area contributed by atoms with Gasteiger partial charge >= 0.3 is 0 Å². The molecule has 2 aliphatic heterocycles. The Labute approximate surface area is 319 Å². The molecule has 0 spiro atoms. The first kappa shape index (κ1) is 44.3. The molecule has 0 aromatic heterocycles. The molecule has 2 aliphatic rings. The number of ether oxygens (including phenoxy) is 3. The highest BCUT2D eigenvalue weighted by molar-refractivity contribution is 5.90. The third-order valence-corrected chi connectivity index (χ3v) is 11.5. The van der Waals surface area contributed by atoms with Gasteiger partial charge in [-0.05, 0) is 64.0 Å². The Bertz CT molecular complexity index is 1340. The molecular weight excluding hydrogens is 674 g/mol. The number of likely N-dealkylation sites (N-methyl/N-ethyl adjacent to an activating group) is 2. The van der Waals surface area contributed by atoms with Crippen LogP contribution in [0.4, 0.5) is 0 Å². The molecule has 12 heteroatoms. The average molecular weight is 744 g/mol. The van der Waals surface area contributed by atoms with Crippen molar-refractivity contribution in [3.8, 4) is 0 Å². The molecule has 3 rings (SSSR count). The van der Waals surface area contributed by atoms with E-state index in [1.165, 1.54) is 0 Å². The van der Waals surface area contributed by atoms with Crippen molar-refractivity contribution in [3.05, 3.63) is 35.9 Å². The number of nitrogens with zero attached hydrogens (tertiary/aromatic N) is 3. The predicted molar refractivity (Wildman–Crippen MR) is 207 cm³/mol. The maximum absolute atomic E-state index is 14.4. The second-order valence-electron chi connectivity index (χ2n) is 16.2. The number of methoxy groups -OCH3 is 2. The van der Waals surface area contributed by atoms with Crippen LogP contribution in [0.3, 0.4) is 0 Å². The van der Waals surface area contributed by atoms with Gasteiger partial charge in [0.15, 0.2) is 6.10 Å². The Morgan fingerprint density at radius 2 is 1.64 bits per heavy atom. The Morgan fingerprint density at radius 1 is 1.00 bits per heavy atom. The zero-order chi connectivity index (χ0) is 39.7. The van der Waals surface area contributed by atoms with Crippen LogP contribution in [0.1, 0.15) is 99.7 Å². The first-order valence-electron chi connectivity index (χ1n) is 19.6. The molecular formula is C41H69N5O7. The number of benzene rings is 1. The van der Waals surface area contributed by atoms with E-state index in [4.69, 9.17) is 14.2 Å². The summed E-state index contributed by atoms with van der Waals surface area (Å²) in [6.07, 6.45) is -0.382. The van der Waals surface area contributed by atoms with Crippen molar-refractivity contribution in [2.75, 3.05) is 34.9 Å². The van der Waals surface area contributed by atoms with Crippen LogP contribution in [0.2, 0.25) is 0 Å². The Balaban J connectivity index is 1.83. The quantitative estimate of drug-likeness (QED) is 0.226. The zero-order valence-electron chi connectivity index (χ0n) is 34.6. The maximum atomic E-state index is 14.4. The SMILES string of the molecule is CC[C@H](C)[C@@H]([C@@H](CC(=O)N1CCC[C@H]1[C@H](OC)[C@H]1O[C@@H](c2ccccc2)[C@@H](C)NC1=O)OC)N(C)C(=O)[C@@H](NC(=O)[C@H](C(C)C)N(C)C(C)C)C(C)C. The first-order valence-corrected chi connectivity index (χ1v) is 19.6. The van der Waals surface area contributed by atoms with Crippen molar-refractivity contribution in [1.29, 1.82) is 0 Å². The third kappa shape index (κ3) is 10.6. The van der Waals surface area contributed by atoms with Crippen LogP contribution in [-0.2, 0) is 33.4 Å². The van der Waals surface area contributed by atoms with Crippen LogP contribution in [0.15, 0.2) is 30.3 Å². The number of carbonyl (C=O) groups is 4. The monoisotopic (exact) mass is 744 g/mol. The lowest BCUT2D eigenvalue weighted by atomic mass is 9.89. The fourth-order valence-electron chi connectivity index (χ4n) is 8.15. The predicted octanol–water partition coefficient (Wildman–Crippen LogP) is 4.42. The van der Waals surface area contributed by atoms with Gasteiger partial charge in [-0.25, -0.2) is 0 Å². The fraction of sp³-hybridized carbons (Fsp3) is 0.756. The molecule has 2 heterocycles. The lowest BCUT2D eigenvalue weighted by Gasteiger charge is -2.42. The minimum atomic E-state index is -0.909. The van der Waals surface area contributed by atoms with Crippen LogP contribution in [-0.4, -0.2) is 128 Å². The van der Waals surface area contributed by atoms with Crippen LogP contribution < -0.4 is 10.6 Å². The highest BCUT2D eigenvalue weighted by atomic mass is 16.6. The van der Waals surface area contributed by atoms with Crippen LogP contribution in [0.5, 0.6) is 0 Å². The van der Waals surface area contributed by atoms with E-state index in [1.807, 2.05) is 90.7 Å². The summed E-state index contributed by atoms with van der Waals surface area (Å²) in [6, 6.07) is 7.72. The van der Waals surface area contributed by atoms with Gasteiger partial charge in [-0.15, -0.1) is 0 Å². The number of carbonyl (C=O) groups excluding carboxylic acids is 4. The molecule has 0 radical (unpaired) electrons. The number of nitrogens with one attached hydrogen (secondary N) is 2. The molecule has 0 bridgehead atoms. The van der Waals surface area contributed by atoms with Crippen LogP contribution in [0.25, 0.3) is 0 Å². The summed E-state index contributed by atoms with van der Waals surface area (Å²) in [4.78, 5) is 61.3. The number of morpholine rings is 1. The van der Waals surface area contributed by atoms with E-state index in [2.05, 4.69) is 24.5 Å². The molecule has 1 aromatic rings. The van der Waals surface area contributed by atoms with Gasteiger partial charge in [0.05, 0.1) is 36.7 Å². The van der Waals surface area contributed by atoms with Crippen molar-refractivity contribution in [1.82, 2.24) is 25.3 Å². The lowest BCUT2D eigenvalue weighted by molar-refractivity contribution is -0.173. The molecule has 10 atom stereocenters. The van der Waals surface area contributed by atoms with Crippen LogP contribution in [0, 0.1) is 17.8 Å². The standard InChI is InChI=1S/C41H69N5O7/c1-14-27(8)35(45(11)41(50)33(24(2)3)43-39(48)34(25(4)5)44(10)26(6)7)31(51-12)23-32(47)46-22-18-21-30(46)37(52-13)38-40(49)42-28(9)36(53-38)29-19-16-15-17-20-29/h15-17,19-20,24-28,30-31,33-38H,14,18,21-23H2,1-13H3,(H,42,49)(H,43,48)/t27-,28+,30-,31+,33-,34-,35-,36+,37-,38+/m0/s1. The largest absolute Gasteiger partial charge is 0.379 e. The minimum absolute atomic E-state index is 0.0157. The summed E-state index contributed by atoms with van der Waals surface area (Å²) >= 11 is 0. The summed E-state index contributed by atoms with van der Waals surface area (Å²) in [5.74, 6) is -0.939. The summed E-state index contributed by atoms with van der Waals surface area (Å²) in [6.45, 7) is 18.5. The van der Waals surface area contributed by atoms with E-state index >= 15 is 0 Å². The molecule has 0 saturated carbocycles. The van der Waals surface area contributed by atoms with E-state index < -0.39 is 36.4 Å². The van der Waals surface area contributed by atoms with Gasteiger partial charge in [0.2, 0.25) is 17.7 Å². The van der Waals surface area contributed by atoms with Gasteiger partial charge < -0.3 is 34.6 Å². The fourth-order valence-corrected chi connectivity index (χ4v) is 8.15. The van der Waals surface area contributed by atoms with Crippen molar-refractivity contribution in [2.45, 2.75) is 149 Å². The second-order valence-corrected chi connectivity index (χ2v) is 16.2. The van der Waals surface area contributed by atoms with Crippen molar-refractivity contribution >= 4 is 23.6 Å². The topological polar surface area (TPSA) is 130 Å². The number of hydrogen-bond acceptors (Lipinski definition) is 8. The van der Waals surface area contributed by atoms with Gasteiger partial charge in [0.1, 0.15) is 18.2 Å². The zero-order valence-corrected chi connectivity index (χ0v) is 34.6. The molecule has 53 heavy (non-hydrogen) atoms. The minimum Gasteiger partial charge on any atom is -0.379 e. The van der Waals surface area contributed by atoms with E-state index in [9.17, 15) is 19.2 Å². The number of amides is 4. The lowest BCUT2D eigenvalue weighted by Crippen LogP contribution is -2.61. The Morgan fingerprint density at radius 3 is 2.17 bits per heavy atom. The first-order chi connectivity index (χ1) is 25.0. The number of rotatable bonds is 18. The van der Waals surface area contributed by atoms with E-state index in [-0.39, 0.29) is 72.0 Å². The summed E-state index contributed by atoms with van der Waals surface area (Å²) in [5, 5.41) is 6.17. The Hall–Kier alpha value is -3.06. The van der Waals surface area contributed by atoms with Crippen molar-refractivity contribution in [3.63, 3.8) is 0 Å². The Kier molecular flexibility index (Phi) is 16.8. The molecule has 1 aromatic carbocycles. The maximum Gasteiger partial charge on any atom is 0.252 e. The smallest absolute Gasteiger partial charge is 0.252 e. The highest BCUT2D eigenvalue weighted by Crippen LogP contribution is 2.33. The van der Waals surface area contributed by atoms with Gasteiger partial charge in [-0.1, -0.05) is 78.3 Å². The summed E-state index contributed by atoms with van der Waals surface area (Å²) in [7, 11) is 6.82. The number of hydrogen-bond donors (Lipinski definition) is 2.